The van der Waals surface area contributed by atoms with Crippen LogP contribution in [0.3, 0.4) is 0 Å². The summed E-state index contributed by atoms with van der Waals surface area (Å²) in [6.07, 6.45) is 9.70. The van der Waals surface area contributed by atoms with Crippen molar-refractivity contribution in [2.45, 2.75) is 39.2 Å². The molecule has 1 aliphatic rings. The van der Waals surface area contributed by atoms with Crippen molar-refractivity contribution in [3.8, 4) is 0 Å². The van der Waals surface area contributed by atoms with Crippen LogP contribution in [0.1, 0.15) is 36.5 Å². The highest BCUT2D eigenvalue weighted by molar-refractivity contribution is 5.75. The average Bonchev–Trinajstić information content (AvgIpc) is 3.09. The minimum atomic E-state index is -0.765. The largest absolute Gasteiger partial charge is 0.481 e. The third-order valence-corrected chi connectivity index (χ3v) is 4.01. The smallest absolute Gasteiger partial charge is 0.310 e. The molecule has 7 nitrogen and oxygen atoms in total. The molecule has 0 saturated carbocycles. The molecule has 0 bridgehead atoms. The standard InChI is InChI=1S/C15H18N4O3/c1-11-16-13(10-22-11)9-19-8-12(17-18-19)7-15(14(20)21)5-3-2-4-6-15/h2-3,8,10H,4-7,9H2,1H3,(H,20,21). The topological polar surface area (TPSA) is 94.0 Å². The predicted molar refractivity (Wildman–Crippen MR) is 77.1 cm³/mol. The van der Waals surface area contributed by atoms with Gasteiger partial charge in [-0.1, -0.05) is 17.4 Å². The second-order valence-corrected chi connectivity index (χ2v) is 5.74. The maximum Gasteiger partial charge on any atom is 0.310 e. The van der Waals surface area contributed by atoms with Gasteiger partial charge in [0, 0.05) is 19.5 Å². The van der Waals surface area contributed by atoms with Crippen LogP contribution in [0.25, 0.3) is 0 Å². The van der Waals surface area contributed by atoms with Crippen LogP contribution in [-0.2, 0) is 17.8 Å². The fourth-order valence-corrected chi connectivity index (χ4v) is 2.81. The number of nitrogens with zero attached hydrogens (tertiary/aromatic N) is 4. The highest BCUT2D eigenvalue weighted by Crippen LogP contribution is 2.36. The molecule has 0 saturated heterocycles. The van der Waals surface area contributed by atoms with Gasteiger partial charge in [0.25, 0.3) is 0 Å². The van der Waals surface area contributed by atoms with Crippen LogP contribution in [0.4, 0.5) is 0 Å². The Bertz CT molecular complexity index is 703. The highest BCUT2D eigenvalue weighted by Gasteiger charge is 2.39. The summed E-state index contributed by atoms with van der Waals surface area (Å²) in [5.74, 6) is -0.160. The lowest BCUT2D eigenvalue weighted by atomic mass is 9.74. The van der Waals surface area contributed by atoms with E-state index in [9.17, 15) is 9.90 Å². The Morgan fingerprint density at radius 2 is 2.32 bits per heavy atom. The first kappa shape index (κ1) is 14.5. The second-order valence-electron chi connectivity index (χ2n) is 5.74. The number of allylic oxidation sites excluding steroid dienone is 2. The van der Waals surface area contributed by atoms with E-state index in [2.05, 4.69) is 15.3 Å². The Labute approximate surface area is 127 Å². The number of aryl methyl sites for hydroxylation is 1. The zero-order valence-electron chi connectivity index (χ0n) is 12.4. The van der Waals surface area contributed by atoms with Crippen molar-refractivity contribution in [1.29, 1.82) is 0 Å². The Morgan fingerprint density at radius 3 is 2.95 bits per heavy atom. The normalized spacial score (nSPS) is 21.1. The van der Waals surface area contributed by atoms with Gasteiger partial charge in [0.1, 0.15) is 12.0 Å². The molecule has 2 heterocycles. The third kappa shape index (κ3) is 2.93. The molecule has 0 radical (unpaired) electrons. The Morgan fingerprint density at radius 1 is 1.45 bits per heavy atom. The van der Waals surface area contributed by atoms with E-state index in [0.29, 0.717) is 37.4 Å². The van der Waals surface area contributed by atoms with E-state index in [0.717, 1.165) is 12.1 Å². The molecule has 22 heavy (non-hydrogen) atoms. The van der Waals surface area contributed by atoms with Crippen LogP contribution in [0.2, 0.25) is 0 Å². The zero-order chi connectivity index (χ0) is 15.6. The Hall–Kier alpha value is -2.44. The average molecular weight is 302 g/mol. The lowest BCUT2D eigenvalue weighted by Crippen LogP contribution is -2.34. The number of aliphatic carboxylic acids is 1. The van der Waals surface area contributed by atoms with E-state index in [1.807, 2.05) is 12.2 Å². The molecule has 116 valence electrons. The van der Waals surface area contributed by atoms with E-state index < -0.39 is 11.4 Å². The summed E-state index contributed by atoms with van der Waals surface area (Å²) in [6.45, 7) is 2.24. The number of aromatic nitrogens is 4. The van der Waals surface area contributed by atoms with Gasteiger partial charge in [-0.2, -0.15) is 0 Å². The monoisotopic (exact) mass is 302 g/mol. The van der Waals surface area contributed by atoms with Gasteiger partial charge in [-0.05, 0) is 19.3 Å². The SMILES string of the molecule is Cc1nc(Cn2cc(CC3(C(=O)O)CC=CCC3)nn2)co1. The van der Waals surface area contributed by atoms with Crippen molar-refractivity contribution in [2.75, 3.05) is 0 Å². The van der Waals surface area contributed by atoms with Crippen LogP contribution in [0, 0.1) is 12.3 Å². The van der Waals surface area contributed by atoms with Gasteiger partial charge in [-0.15, -0.1) is 5.10 Å². The first-order valence-electron chi connectivity index (χ1n) is 7.26. The second kappa shape index (κ2) is 5.75. The summed E-state index contributed by atoms with van der Waals surface area (Å²) in [5.41, 5.74) is 0.695. The number of carboxylic acids is 1. The summed E-state index contributed by atoms with van der Waals surface area (Å²) in [6, 6.07) is 0. The van der Waals surface area contributed by atoms with E-state index in [1.54, 1.807) is 24.1 Å². The lowest BCUT2D eigenvalue weighted by Gasteiger charge is -2.29. The molecule has 1 N–H and O–H groups in total. The quantitative estimate of drug-likeness (QED) is 0.849. The summed E-state index contributed by atoms with van der Waals surface area (Å²) in [5, 5.41) is 17.7. The van der Waals surface area contributed by atoms with Crippen molar-refractivity contribution >= 4 is 5.97 Å². The van der Waals surface area contributed by atoms with E-state index in [-0.39, 0.29) is 0 Å². The van der Waals surface area contributed by atoms with Crippen molar-refractivity contribution < 1.29 is 14.3 Å². The fourth-order valence-electron chi connectivity index (χ4n) is 2.81. The van der Waals surface area contributed by atoms with Crippen LogP contribution in [0.15, 0.2) is 29.0 Å². The molecule has 2 aromatic heterocycles. The molecule has 0 aromatic carbocycles. The number of rotatable bonds is 5. The molecule has 0 amide bonds. The van der Waals surface area contributed by atoms with Crippen molar-refractivity contribution in [3.63, 3.8) is 0 Å². The third-order valence-electron chi connectivity index (χ3n) is 4.01. The molecule has 1 aliphatic carbocycles. The zero-order valence-corrected chi connectivity index (χ0v) is 12.4. The predicted octanol–water partition coefficient (Wildman–Crippen LogP) is 1.98. The molecule has 1 unspecified atom stereocenters. The van der Waals surface area contributed by atoms with Gasteiger partial charge >= 0.3 is 5.97 Å². The van der Waals surface area contributed by atoms with E-state index >= 15 is 0 Å². The number of carbonyl (C=O) groups is 1. The van der Waals surface area contributed by atoms with Crippen molar-refractivity contribution in [1.82, 2.24) is 20.0 Å². The van der Waals surface area contributed by atoms with Gasteiger partial charge in [0.05, 0.1) is 17.7 Å². The number of carboxylic acid groups (broad SMARTS) is 1. The van der Waals surface area contributed by atoms with Gasteiger partial charge < -0.3 is 9.52 Å². The molecule has 0 aliphatic heterocycles. The summed E-state index contributed by atoms with van der Waals surface area (Å²) in [4.78, 5) is 15.9. The number of hydrogen-bond acceptors (Lipinski definition) is 5. The first-order chi connectivity index (χ1) is 10.6. The van der Waals surface area contributed by atoms with Gasteiger partial charge in [-0.3, -0.25) is 4.79 Å². The minimum Gasteiger partial charge on any atom is -0.481 e. The van der Waals surface area contributed by atoms with E-state index in [1.165, 1.54) is 0 Å². The molecular weight excluding hydrogens is 284 g/mol. The lowest BCUT2D eigenvalue weighted by molar-refractivity contribution is -0.149. The molecule has 0 fully saturated rings. The fraction of sp³-hybridized carbons (Fsp3) is 0.467. The van der Waals surface area contributed by atoms with Crippen LogP contribution in [0.5, 0.6) is 0 Å². The van der Waals surface area contributed by atoms with Crippen molar-refractivity contribution in [3.05, 3.63) is 41.9 Å². The summed E-state index contributed by atoms with van der Waals surface area (Å²) < 4.78 is 6.81. The Balaban J connectivity index is 1.73. The maximum atomic E-state index is 11.7. The van der Waals surface area contributed by atoms with Gasteiger partial charge in [0.15, 0.2) is 5.89 Å². The molecule has 3 rings (SSSR count). The van der Waals surface area contributed by atoms with Gasteiger partial charge in [0.2, 0.25) is 0 Å². The molecule has 1 atom stereocenters. The summed E-state index contributed by atoms with van der Waals surface area (Å²) >= 11 is 0. The van der Waals surface area contributed by atoms with Crippen LogP contribution < -0.4 is 0 Å². The number of hydrogen-bond donors (Lipinski definition) is 1. The van der Waals surface area contributed by atoms with Crippen LogP contribution >= 0.6 is 0 Å². The summed E-state index contributed by atoms with van der Waals surface area (Å²) in [7, 11) is 0. The maximum absolute atomic E-state index is 11.7. The molecular formula is C15H18N4O3. The van der Waals surface area contributed by atoms with E-state index in [4.69, 9.17) is 4.42 Å². The minimum absolute atomic E-state index is 0.393. The molecule has 2 aromatic rings. The molecule has 0 spiro atoms. The molecule has 7 heteroatoms. The van der Waals surface area contributed by atoms with Crippen LogP contribution in [-0.4, -0.2) is 31.1 Å². The van der Waals surface area contributed by atoms with Gasteiger partial charge in [-0.25, -0.2) is 9.67 Å². The van der Waals surface area contributed by atoms with Crippen molar-refractivity contribution in [2.24, 2.45) is 5.41 Å². The highest BCUT2D eigenvalue weighted by atomic mass is 16.4. The Kier molecular flexibility index (Phi) is 3.79. The number of oxazole rings is 1. The first-order valence-corrected chi connectivity index (χ1v) is 7.26.